The Kier molecular flexibility index (Phi) is 6.75. The van der Waals surface area contributed by atoms with Gasteiger partial charge in [0.25, 0.3) is 0 Å². The van der Waals surface area contributed by atoms with Crippen LogP contribution in [0.25, 0.3) is 0 Å². The molecule has 0 saturated heterocycles. The number of hydrogen-bond acceptors (Lipinski definition) is 1. The van der Waals surface area contributed by atoms with E-state index in [1.54, 1.807) is 12.1 Å². The zero-order valence-electron chi connectivity index (χ0n) is 10.3. The SMILES string of the molecule is CCCCCCCC(O)c1ccc(Br)c(F)c1. The summed E-state index contributed by atoms with van der Waals surface area (Å²) in [4.78, 5) is 0. The third-order valence-corrected chi connectivity index (χ3v) is 3.55. The highest BCUT2D eigenvalue weighted by molar-refractivity contribution is 9.10. The van der Waals surface area contributed by atoms with Gasteiger partial charge in [-0.3, -0.25) is 0 Å². The van der Waals surface area contributed by atoms with Crippen LogP contribution in [0.2, 0.25) is 0 Å². The van der Waals surface area contributed by atoms with Crippen molar-refractivity contribution in [3.05, 3.63) is 34.1 Å². The van der Waals surface area contributed by atoms with E-state index in [0.717, 1.165) is 12.8 Å². The third-order valence-electron chi connectivity index (χ3n) is 2.91. The Morgan fingerprint density at radius 1 is 1.24 bits per heavy atom. The van der Waals surface area contributed by atoms with Gasteiger partial charge in [-0.2, -0.15) is 0 Å². The lowest BCUT2D eigenvalue weighted by atomic mass is 10.0. The Labute approximate surface area is 111 Å². The van der Waals surface area contributed by atoms with E-state index < -0.39 is 6.10 Å². The largest absolute Gasteiger partial charge is 0.388 e. The molecule has 0 amide bonds. The van der Waals surface area contributed by atoms with Crippen LogP contribution in [0.1, 0.15) is 57.1 Å². The van der Waals surface area contributed by atoms with Crippen LogP contribution >= 0.6 is 15.9 Å². The molecule has 1 N–H and O–H groups in total. The number of aliphatic hydroxyl groups excluding tert-OH is 1. The Balaban J connectivity index is 2.36. The second kappa shape index (κ2) is 7.83. The summed E-state index contributed by atoms with van der Waals surface area (Å²) in [7, 11) is 0. The molecule has 0 fully saturated rings. The van der Waals surface area contributed by atoms with E-state index in [1.165, 1.54) is 25.3 Å². The quantitative estimate of drug-likeness (QED) is 0.704. The lowest BCUT2D eigenvalue weighted by molar-refractivity contribution is 0.163. The van der Waals surface area contributed by atoms with Gasteiger partial charge < -0.3 is 5.11 Å². The van der Waals surface area contributed by atoms with Crippen LogP contribution in [-0.4, -0.2) is 5.11 Å². The first-order valence-corrected chi connectivity index (χ1v) is 7.07. The highest BCUT2D eigenvalue weighted by Gasteiger charge is 2.09. The van der Waals surface area contributed by atoms with Crippen molar-refractivity contribution >= 4 is 15.9 Å². The van der Waals surface area contributed by atoms with Gasteiger partial charge in [0.1, 0.15) is 5.82 Å². The molecule has 96 valence electrons. The Bertz CT molecular complexity index is 341. The Morgan fingerprint density at radius 2 is 1.94 bits per heavy atom. The van der Waals surface area contributed by atoms with Crippen LogP contribution in [0.3, 0.4) is 0 Å². The van der Waals surface area contributed by atoms with Gasteiger partial charge in [-0.05, 0) is 40.0 Å². The van der Waals surface area contributed by atoms with E-state index >= 15 is 0 Å². The fraction of sp³-hybridized carbons (Fsp3) is 0.571. The van der Waals surface area contributed by atoms with Crippen molar-refractivity contribution in [1.29, 1.82) is 0 Å². The molecular weight excluding hydrogens is 283 g/mol. The first-order valence-electron chi connectivity index (χ1n) is 6.28. The van der Waals surface area contributed by atoms with Gasteiger partial charge in [0.05, 0.1) is 10.6 Å². The Morgan fingerprint density at radius 3 is 2.59 bits per heavy atom. The van der Waals surface area contributed by atoms with E-state index in [2.05, 4.69) is 22.9 Å². The molecule has 0 heterocycles. The van der Waals surface area contributed by atoms with E-state index in [9.17, 15) is 9.50 Å². The standard InChI is InChI=1S/C14H20BrFO/c1-2-3-4-5-6-7-14(17)11-8-9-12(15)13(16)10-11/h8-10,14,17H,2-7H2,1H3. The summed E-state index contributed by atoms with van der Waals surface area (Å²) in [6, 6.07) is 4.82. The summed E-state index contributed by atoms with van der Waals surface area (Å²) in [5.74, 6) is -0.312. The minimum absolute atomic E-state index is 0.312. The van der Waals surface area contributed by atoms with Gasteiger partial charge in [0.2, 0.25) is 0 Å². The van der Waals surface area contributed by atoms with E-state index in [-0.39, 0.29) is 5.82 Å². The van der Waals surface area contributed by atoms with Gasteiger partial charge in [0.15, 0.2) is 0 Å². The Hall–Kier alpha value is -0.410. The zero-order chi connectivity index (χ0) is 12.7. The topological polar surface area (TPSA) is 20.2 Å². The van der Waals surface area contributed by atoms with Gasteiger partial charge in [0, 0.05) is 0 Å². The molecule has 1 atom stereocenters. The fourth-order valence-corrected chi connectivity index (χ4v) is 2.07. The molecule has 0 aliphatic heterocycles. The molecule has 0 saturated carbocycles. The summed E-state index contributed by atoms with van der Waals surface area (Å²) in [6.45, 7) is 2.18. The smallest absolute Gasteiger partial charge is 0.137 e. The van der Waals surface area contributed by atoms with Crippen molar-refractivity contribution in [2.75, 3.05) is 0 Å². The fourth-order valence-electron chi connectivity index (χ4n) is 1.83. The molecule has 0 aliphatic carbocycles. The average Bonchev–Trinajstić information content (AvgIpc) is 2.32. The lowest BCUT2D eigenvalue weighted by Crippen LogP contribution is -1.98. The molecule has 3 heteroatoms. The van der Waals surface area contributed by atoms with Crippen LogP contribution in [-0.2, 0) is 0 Å². The van der Waals surface area contributed by atoms with Crippen molar-refractivity contribution in [2.45, 2.75) is 51.6 Å². The third kappa shape index (κ3) is 5.17. The molecule has 0 spiro atoms. The van der Waals surface area contributed by atoms with Crippen LogP contribution in [0.15, 0.2) is 22.7 Å². The van der Waals surface area contributed by atoms with Crippen LogP contribution < -0.4 is 0 Å². The molecule has 0 radical (unpaired) electrons. The second-order valence-electron chi connectivity index (χ2n) is 4.39. The van der Waals surface area contributed by atoms with Crippen molar-refractivity contribution in [3.63, 3.8) is 0 Å². The minimum Gasteiger partial charge on any atom is -0.388 e. The number of benzene rings is 1. The first-order chi connectivity index (χ1) is 8.15. The molecule has 1 unspecified atom stereocenters. The van der Waals surface area contributed by atoms with Crippen LogP contribution in [0.5, 0.6) is 0 Å². The molecule has 1 rings (SSSR count). The number of unbranched alkanes of at least 4 members (excludes halogenated alkanes) is 4. The second-order valence-corrected chi connectivity index (χ2v) is 5.25. The summed E-state index contributed by atoms with van der Waals surface area (Å²) >= 11 is 3.10. The molecule has 1 aromatic carbocycles. The molecule has 17 heavy (non-hydrogen) atoms. The maximum absolute atomic E-state index is 13.3. The number of hydrogen-bond donors (Lipinski definition) is 1. The number of rotatable bonds is 7. The van der Waals surface area contributed by atoms with Gasteiger partial charge >= 0.3 is 0 Å². The van der Waals surface area contributed by atoms with Crippen molar-refractivity contribution in [2.24, 2.45) is 0 Å². The monoisotopic (exact) mass is 302 g/mol. The predicted octanol–water partition coefficient (Wildman–Crippen LogP) is 4.98. The average molecular weight is 303 g/mol. The van der Waals surface area contributed by atoms with Crippen LogP contribution in [0.4, 0.5) is 4.39 Å². The zero-order valence-corrected chi connectivity index (χ0v) is 11.8. The van der Waals surface area contributed by atoms with E-state index in [4.69, 9.17) is 0 Å². The molecule has 0 aromatic heterocycles. The normalized spacial score (nSPS) is 12.7. The number of halogens is 2. The highest BCUT2D eigenvalue weighted by Crippen LogP contribution is 2.24. The summed E-state index contributed by atoms with van der Waals surface area (Å²) in [5.41, 5.74) is 0.668. The molecule has 1 nitrogen and oxygen atoms in total. The lowest BCUT2D eigenvalue weighted by Gasteiger charge is -2.11. The van der Waals surface area contributed by atoms with Crippen molar-refractivity contribution < 1.29 is 9.50 Å². The van der Waals surface area contributed by atoms with Crippen molar-refractivity contribution in [1.82, 2.24) is 0 Å². The summed E-state index contributed by atoms with van der Waals surface area (Å²) in [6.07, 6.45) is 6.01. The predicted molar refractivity (Wildman–Crippen MR) is 72.4 cm³/mol. The van der Waals surface area contributed by atoms with E-state index in [0.29, 0.717) is 16.5 Å². The first kappa shape index (κ1) is 14.7. The maximum Gasteiger partial charge on any atom is 0.137 e. The number of aliphatic hydroxyl groups is 1. The molecule has 1 aromatic rings. The molecular formula is C14H20BrFO. The van der Waals surface area contributed by atoms with Gasteiger partial charge in [-0.15, -0.1) is 0 Å². The summed E-state index contributed by atoms with van der Waals surface area (Å²) < 4.78 is 13.7. The summed E-state index contributed by atoms with van der Waals surface area (Å²) in [5, 5.41) is 9.91. The van der Waals surface area contributed by atoms with Crippen LogP contribution in [0, 0.1) is 5.82 Å². The molecule has 0 bridgehead atoms. The van der Waals surface area contributed by atoms with Gasteiger partial charge in [-0.1, -0.05) is 45.1 Å². The minimum atomic E-state index is -0.542. The maximum atomic E-state index is 13.3. The van der Waals surface area contributed by atoms with Gasteiger partial charge in [-0.25, -0.2) is 4.39 Å². The highest BCUT2D eigenvalue weighted by atomic mass is 79.9. The molecule has 0 aliphatic rings. The van der Waals surface area contributed by atoms with Crippen molar-refractivity contribution in [3.8, 4) is 0 Å². The van der Waals surface area contributed by atoms with E-state index in [1.807, 2.05) is 0 Å².